The fourth-order valence-electron chi connectivity index (χ4n) is 2.29. The van der Waals surface area contributed by atoms with Gasteiger partial charge in [-0.1, -0.05) is 32.6 Å². The molecule has 0 bridgehead atoms. The Morgan fingerprint density at radius 2 is 2.00 bits per heavy atom. The Balaban J connectivity index is 2.18. The molecule has 1 aliphatic rings. The van der Waals surface area contributed by atoms with Gasteiger partial charge in [-0.05, 0) is 6.42 Å². The molecular weight excluding hydrogens is 216 g/mol. The third-order valence-corrected chi connectivity index (χ3v) is 3.54. The molecule has 1 aliphatic heterocycles. The smallest absolute Gasteiger partial charge is 0.222 e. The molecule has 4 heteroatoms. The first-order chi connectivity index (χ1) is 8.16. The largest absolute Gasteiger partial charge is 0.390 e. The highest BCUT2D eigenvalue weighted by molar-refractivity contribution is 5.76. The van der Waals surface area contributed by atoms with Crippen LogP contribution in [0.2, 0.25) is 0 Å². The highest BCUT2D eigenvalue weighted by Gasteiger charge is 2.30. The van der Waals surface area contributed by atoms with Gasteiger partial charge < -0.3 is 15.3 Å². The molecule has 0 saturated carbocycles. The van der Waals surface area contributed by atoms with E-state index >= 15 is 0 Å². The predicted octanol–water partition coefficient (Wildman–Crippen LogP) is 1.14. The maximum absolute atomic E-state index is 11.9. The fraction of sp³-hybridized carbons (Fsp3) is 0.923. The van der Waals surface area contributed by atoms with Crippen molar-refractivity contribution >= 4 is 5.91 Å². The van der Waals surface area contributed by atoms with Gasteiger partial charge in [-0.25, -0.2) is 0 Å². The zero-order chi connectivity index (χ0) is 12.7. The second-order valence-corrected chi connectivity index (χ2v) is 4.96. The summed E-state index contributed by atoms with van der Waals surface area (Å²) in [7, 11) is 1.80. The number of rotatable bonds is 7. The topological polar surface area (TPSA) is 52.6 Å². The summed E-state index contributed by atoms with van der Waals surface area (Å²) in [5.74, 6) is 0.161. The molecule has 1 saturated heterocycles. The van der Waals surface area contributed by atoms with Crippen LogP contribution in [0.5, 0.6) is 0 Å². The van der Waals surface area contributed by atoms with E-state index in [9.17, 15) is 9.90 Å². The van der Waals surface area contributed by atoms with Crippen molar-refractivity contribution in [3.8, 4) is 0 Å². The van der Waals surface area contributed by atoms with Crippen molar-refractivity contribution in [3.05, 3.63) is 0 Å². The number of aliphatic hydroxyl groups is 1. The van der Waals surface area contributed by atoms with Crippen LogP contribution in [0.25, 0.3) is 0 Å². The lowest BCUT2D eigenvalue weighted by Crippen LogP contribution is -2.44. The summed E-state index contributed by atoms with van der Waals surface area (Å²) >= 11 is 0. The summed E-state index contributed by atoms with van der Waals surface area (Å²) in [6.45, 7) is 3.49. The molecule has 0 unspecified atom stereocenters. The zero-order valence-electron chi connectivity index (χ0n) is 11.1. The van der Waals surface area contributed by atoms with Crippen molar-refractivity contribution in [2.75, 3.05) is 20.1 Å². The first-order valence-corrected chi connectivity index (χ1v) is 6.81. The Kier molecular flexibility index (Phi) is 6.52. The number of aliphatic hydroxyl groups excluding tert-OH is 1. The third-order valence-electron chi connectivity index (χ3n) is 3.54. The van der Waals surface area contributed by atoms with Crippen molar-refractivity contribution in [3.63, 3.8) is 0 Å². The molecule has 0 spiro atoms. The lowest BCUT2D eigenvalue weighted by atomic mass is 10.1. The van der Waals surface area contributed by atoms with E-state index in [2.05, 4.69) is 12.2 Å². The molecule has 100 valence electrons. The molecule has 1 amide bonds. The molecule has 1 heterocycles. The summed E-state index contributed by atoms with van der Waals surface area (Å²) in [4.78, 5) is 13.6. The quantitative estimate of drug-likeness (QED) is 0.658. The van der Waals surface area contributed by atoms with Crippen LogP contribution in [0, 0.1) is 0 Å². The number of amides is 1. The number of carbonyl (C=O) groups is 1. The number of hydrogen-bond donors (Lipinski definition) is 2. The van der Waals surface area contributed by atoms with E-state index in [0.717, 1.165) is 12.8 Å². The first-order valence-electron chi connectivity index (χ1n) is 6.81. The monoisotopic (exact) mass is 242 g/mol. The van der Waals surface area contributed by atoms with Crippen LogP contribution in [-0.4, -0.2) is 48.2 Å². The lowest BCUT2D eigenvalue weighted by molar-refractivity contribution is -0.133. The van der Waals surface area contributed by atoms with Crippen LogP contribution in [-0.2, 0) is 4.79 Å². The summed E-state index contributed by atoms with van der Waals surface area (Å²) in [5.41, 5.74) is 0. The van der Waals surface area contributed by atoms with Gasteiger partial charge in [0.25, 0.3) is 0 Å². The van der Waals surface area contributed by atoms with Crippen LogP contribution >= 0.6 is 0 Å². The minimum atomic E-state index is -0.413. The molecule has 0 aromatic heterocycles. The Hall–Kier alpha value is -0.610. The van der Waals surface area contributed by atoms with Gasteiger partial charge in [-0.3, -0.25) is 4.79 Å². The summed E-state index contributed by atoms with van der Waals surface area (Å²) in [6, 6.07) is -0.0434. The SMILES string of the molecule is CCCCCCCC(=O)N(C)[C@H]1CNC[C@@H]1O. The van der Waals surface area contributed by atoms with Gasteiger partial charge >= 0.3 is 0 Å². The van der Waals surface area contributed by atoms with Gasteiger partial charge in [0, 0.05) is 26.6 Å². The summed E-state index contributed by atoms with van der Waals surface area (Å²) in [6.07, 6.45) is 6.02. The van der Waals surface area contributed by atoms with Crippen molar-refractivity contribution in [1.82, 2.24) is 10.2 Å². The molecule has 1 fully saturated rings. The predicted molar refractivity (Wildman–Crippen MR) is 68.8 cm³/mol. The van der Waals surface area contributed by atoms with E-state index in [-0.39, 0.29) is 11.9 Å². The van der Waals surface area contributed by atoms with Crippen molar-refractivity contribution < 1.29 is 9.90 Å². The number of unbranched alkanes of at least 4 members (excludes halogenated alkanes) is 4. The van der Waals surface area contributed by atoms with Crippen LogP contribution < -0.4 is 5.32 Å². The fourth-order valence-corrected chi connectivity index (χ4v) is 2.29. The summed E-state index contributed by atoms with van der Waals surface area (Å²) in [5, 5.41) is 12.8. The van der Waals surface area contributed by atoms with Gasteiger partial charge in [0.1, 0.15) is 0 Å². The first kappa shape index (κ1) is 14.5. The van der Waals surface area contributed by atoms with E-state index in [4.69, 9.17) is 0 Å². The maximum atomic E-state index is 11.9. The van der Waals surface area contributed by atoms with Gasteiger partial charge in [0.2, 0.25) is 5.91 Å². The molecule has 4 nitrogen and oxygen atoms in total. The number of β-amino-alcohol motifs (C(OH)–C–C–N with tert-alkyl or cyclic N) is 1. The average molecular weight is 242 g/mol. The average Bonchev–Trinajstić information content (AvgIpc) is 2.74. The second-order valence-electron chi connectivity index (χ2n) is 4.96. The van der Waals surface area contributed by atoms with E-state index in [0.29, 0.717) is 19.5 Å². The van der Waals surface area contributed by atoms with Crippen LogP contribution in [0.4, 0.5) is 0 Å². The van der Waals surface area contributed by atoms with Gasteiger partial charge in [-0.2, -0.15) is 0 Å². The molecular formula is C13H26N2O2. The third kappa shape index (κ3) is 4.64. The molecule has 0 radical (unpaired) electrons. The molecule has 2 atom stereocenters. The number of carbonyl (C=O) groups excluding carboxylic acids is 1. The Morgan fingerprint density at radius 3 is 2.59 bits per heavy atom. The van der Waals surface area contributed by atoms with E-state index < -0.39 is 6.10 Å². The van der Waals surface area contributed by atoms with Gasteiger partial charge in [0.05, 0.1) is 12.1 Å². The molecule has 17 heavy (non-hydrogen) atoms. The minimum Gasteiger partial charge on any atom is -0.390 e. The number of likely N-dealkylation sites (N-methyl/N-ethyl adjacent to an activating group) is 1. The molecule has 1 rings (SSSR count). The summed E-state index contributed by atoms with van der Waals surface area (Å²) < 4.78 is 0. The zero-order valence-corrected chi connectivity index (χ0v) is 11.1. The number of hydrogen-bond acceptors (Lipinski definition) is 3. The second kappa shape index (κ2) is 7.67. The lowest BCUT2D eigenvalue weighted by Gasteiger charge is -2.26. The molecule has 2 N–H and O–H groups in total. The van der Waals surface area contributed by atoms with Crippen LogP contribution in [0.15, 0.2) is 0 Å². The Bertz CT molecular complexity index is 233. The molecule has 0 aliphatic carbocycles. The van der Waals surface area contributed by atoms with Crippen molar-refractivity contribution in [2.24, 2.45) is 0 Å². The normalized spacial score (nSPS) is 23.9. The van der Waals surface area contributed by atoms with E-state index in [1.165, 1.54) is 19.3 Å². The highest BCUT2D eigenvalue weighted by Crippen LogP contribution is 2.11. The molecule has 0 aromatic carbocycles. The number of nitrogens with zero attached hydrogens (tertiary/aromatic N) is 1. The van der Waals surface area contributed by atoms with Crippen LogP contribution in [0.1, 0.15) is 45.4 Å². The van der Waals surface area contributed by atoms with Crippen LogP contribution in [0.3, 0.4) is 0 Å². The van der Waals surface area contributed by atoms with Gasteiger partial charge in [0.15, 0.2) is 0 Å². The standard InChI is InChI=1S/C13H26N2O2/c1-3-4-5-6-7-8-13(17)15(2)11-9-14-10-12(11)16/h11-12,14,16H,3-10H2,1-2H3/t11-,12-/m0/s1. The van der Waals surface area contributed by atoms with Crippen molar-refractivity contribution in [2.45, 2.75) is 57.6 Å². The highest BCUT2D eigenvalue weighted by atomic mass is 16.3. The Morgan fingerprint density at radius 1 is 1.29 bits per heavy atom. The van der Waals surface area contributed by atoms with E-state index in [1.54, 1.807) is 11.9 Å². The minimum absolute atomic E-state index is 0.0434. The van der Waals surface area contributed by atoms with Crippen molar-refractivity contribution in [1.29, 1.82) is 0 Å². The maximum Gasteiger partial charge on any atom is 0.222 e. The van der Waals surface area contributed by atoms with Gasteiger partial charge in [-0.15, -0.1) is 0 Å². The molecule has 0 aromatic rings. The number of nitrogens with one attached hydrogen (secondary N) is 1. The van der Waals surface area contributed by atoms with E-state index in [1.807, 2.05) is 0 Å². The Labute approximate surface area is 104 Å².